The van der Waals surface area contributed by atoms with Gasteiger partial charge in [0.15, 0.2) is 24.6 Å². The maximum atomic E-state index is 11.4. The summed E-state index contributed by atoms with van der Waals surface area (Å²) in [6.45, 7) is 2.54. The SMILES string of the molecule is CC(=O)O[C@@H]1[C@H](OC(C)=O)[C@H](O)O[C@H](COS(C)(=O)=O)[C@H]1OC(C)=O. The van der Waals surface area contributed by atoms with Gasteiger partial charge in [-0.25, -0.2) is 0 Å². The summed E-state index contributed by atoms with van der Waals surface area (Å²) in [6.07, 6.45) is -6.57. The van der Waals surface area contributed by atoms with Crippen LogP contribution in [-0.4, -0.2) is 75.0 Å². The lowest BCUT2D eigenvalue weighted by molar-refractivity contribution is -0.294. The van der Waals surface area contributed by atoms with E-state index in [0.717, 1.165) is 27.0 Å². The summed E-state index contributed by atoms with van der Waals surface area (Å²) < 4.78 is 47.0. The predicted octanol–water partition coefficient (Wildman–Crippen LogP) is -1.53. The summed E-state index contributed by atoms with van der Waals surface area (Å²) in [7, 11) is -3.86. The van der Waals surface area contributed by atoms with Crippen LogP contribution < -0.4 is 0 Å². The van der Waals surface area contributed by atoms with Crippen LogP contribution >= 0.6 is 0 Å². The summed E-state index contributed by atoms with van der Waals surface area (Å²) in [5.74, 6) is -2.42. The Morgan fingerprint density at radius 1 is 0.920 bits per heavy atom. The number of hydrogen-bond acceptors (Lipinski definition) is 11. The molecule has 1 rings (SSSR count). The highest BCUT2D eigenvalue weighted by Gasteiger charge is 2.51. The van der Waals surface area contributed by atoms with E-state index in [2.05, 4.69) is 4.18 Å². The Morgan fingerprint density at radius 3 is 1.80 bits per heavy atom. The Bertz CT molecular complexity index is 613. The largest absolute Gasteiger partial charge is 0.456 e. The van der Waals surface area contributed by atoms with Crippen LogP contribution in [-0.2, 0) is 47.6 Å². The third kappa shape index (κ3) is 6.94. The molecule has 1 N–H and O–H groups in total. The van der Waals surface area contributed by atoms with Gasteiger partial charge in [-0.05, 0) is 0 Å². The Kier molecular flexibility index (Phi) is 7.29. The quantitative estimate of drug-likeness (QED) is 0.323. The average Bonchev–Trinajstić information content (AvgIpc) is 2.41. The van der Waals surface area contributed by atoms with E-state index >= 15 is 0 Å². The van der Waals surface area contributed by atoms with Crippen LogP contribution in [0, 0.1) is 0 Å². The van der Waals surface area contributed by atoms with Gasteiger partial charge in [-0.1, -0.05) is 0 Å². The van der Waals surface area contributed by atoms with Crippen LogP contribution in [0.1, 0.15) is 20.8 Å². The average molecular weight is 384 g/mol. The zero-order chi connectivity index (χ0) is 19.4. The van der Waals surface area contributed by atoms with Gasteiger partial charge in [0, 0.05) is 20.8 Å². The summed E-state index contributed by atoms with van der Waals surface area (Å²) in [4.78, 5) is 33.9. The third-order valence-electron chi connectivity index (χ3n) is 2.96. The minimum absolute atomic E-state index is 0.627. The molecule has 0 unspecified atom stereocenters. The number of hydrogen-bond donors (Lipinski definition) is 1. The second-order valence-electron chi connectivity index (χ2n) is 5.28. The van der Waals surface area contributed by atoms with Gasteiger partial charge in [0.05, 0.1) is 12.9 Å². The third-order valence-corrected chi connectivity index (χ3v) is 3.53. The topological polar surface area (TPSA) is 152 Å². The molecule has 0 aromatic rings. The van der Waals surface area contributed by atoms with Crippen molar-refractivity contribution in [3.8, 4) is 0 Å². The molecule has 5 atom stereocenters. The molecule has 0 bridgehead atoms. The van der Waals surface area contributed by atoms with Crippen molar-refractivity contribution in [3.05, 3.63) is 0 Å². The van der Waals surface area contributed by atoms with Gasteiger partial charge in [-0.15, -0.1) is 0 Å². The molecule has 0 radical (unpaired) electrons. The highest BCUT2D eigenvalue weighted by molar-refractivity contribution is 7.85. The minimum atomic E-state index is -3.86. The van der Waals surface area contributed by atoms with Crippen LogP contribution in [0.5, 0.6) is 0 Å². The zero-order valence-electron chi connectivity index (χ0n) is 14.0. The molecular weight excluding hydrogens is 364 g/mol. The number of aliphatic hydroxyl groups is 1. The summed E-state index contributed by atoms with van der Waals surface area (Å²) in [5.41, 5.74) is 0. The molecule has 144 valence electrons. The molecule has 1 aliphatic rings. The van der Waals surface area contributed by atoms with Crippen LogP contribution in [0.25, 0.3) is 0 Å². The van der Waals surface area contributed by atoms with E-state index < -0.39 is 65.3 Å². The fourth-order valence-electron chi connectivity index (χ4n) is 2.20. The molecule has 0 aromatic carbocycles. The Morgan fingerprint density at radius 2 is 1.36 bits per heavy atom. The van der Waals surface area contributed by atoms with E-state index in [4.69, 9.17) is 18.9 Å². The minimum Gasteiger partial charge on any atom is -0.456 e. The second kappa shape index (κ2) is 8.56. The molecule has 11 nitrogen and oxygen atoms in total. The first-order valence-corrected chi connectivity index (χ1v) is 8.92. The number of aliphatic hydroxyl groups excluding tert-OH is 1. The number of esters is 3. The fourth-order valence-corrected chi connectivity index (χ4v) is 2.58. The lowest BCUT2D eigenvalue weighted by Crippen LogP contribution is -2.62. The number of rotatable bonds is 6. The summed E-state index contributed by atoms with van der Waals surface area (Å²) >= 11 is 0. The lowest BCUT2D eigenvalue weighted by Gasteiger charge is -2.42. The lowest BCUT2D eigenvalue weighted by atomic mass is 9.98. The van der Waals surface area contributed by atoms with Crippen LogP contribution in [0.4, 0.5) is 0 Å². The van der Waals surface area contributed by atoms with Crippen molar-refractivity contribution in [2.24, 2.45) is 0 Å². The van der Waals surface area contributed by atoms with Crippen LogP contribution in [0.3, 0.4) is 0 Å². The Labute approximate surface area is 144 Å². The van der Waals surface area contributed by atoms with Crippen molar-refractivity contribution in [1.82, 2.24) is 0 Å². The first-order valence-electron chi connectivity index (χ1n) is 7.10. The van der Waals surface area contributed by atoms with Crippen molar-refractivity contribution >= 4 is 28.0 Å². The standard InChI is InChI=1S/C13H20O11S/c1-6(14)21-10-9(5-20-25(4,18)19)24-13(17)12(23-8(3)16)11(10)22-7(2)15/h9-13,17H,5H2,1-4H3/t9-,10-,11+,12+,13-/m1/s1. The number of carbonyl (C=O) groups is 3. The van der Waals surface area contributed by atoms with Crippen molar-refractivity contribution in [1.29, 1.82) is 0 Å². The second-order valence-corrected chi connectivity index (χ2v) is 6.92. The maximum Gasteiger partial charge on any atom is 0.303 e. The van der Waals surface area contributed by atoms with Crippen LogP contribution in [0.15, 0.2) is 0 Å². The van der Waals surface area contributed by atoms with Crippen molar-refractivity contribution < 1.29 is 51.0 Å². The monoisotopic (exact) mass is 384 g/mol. The van der Waals surface area contributed by atoms with E-state index in [1.165, 1.54) is 0 Å². The van der Waals surface area contributed by atoms with Gasteiger partial charge < -0.3 is 24.1 Å². The van der Waals surface area contributed by atoms with Crippen molar-refractivity contribution in [3.63, 3.8) is 0 Å². The Balaban J connectivity index is 3.15. The van der Waals surface area contributed by atoms with E-state index in [-0.39, 0.29) is 0 Å². The van der Waals surface area contributed by atoms with Gasteiger partial charge in [-0.3, -0.25) is 18.6 Å². The van der Waals surface area contributed by atoms with E-state index in [0.29, 0.717) is 0 Å². The van der Waals surface area contributed by atoms with Crippen molar-refractivity contribution in [2.45, 2.75) is 51.5 Å². The van der Waals surface area contributed by atoms with Crippen molar-refractivity contribution in [2.75, 3.05) is 12.9 Å². The molecule has 25 heavy (non-hydrogen) atoms. The molecule has 0 aromatic heterocycles. The Hall–Kier alpha value is -1.76. The molecule has 1 aliphatic heterocycles. The summed E-state index contributed by atoms with van der Waals surface area (Å²) in [5, 5.41) is 10.0. The highest BCUT2D eigenvalue weighted by Crippen LogP contribution is 2.28. The molecule has 0 aliphatic carbocycles. The molecule has 0 amide bonds. The molecule has 12 heteroatoms. The van der Waals surface area contributed by atoms with Gasteiger partial charge in [0.2, 0.25) is 0 Å². The van der Waals surface area contributed by atoms with Crippen LogP contribution in [0.2, 0.25) is 0 Å². The van der Waals surface area contributed by atoms with Gasteiger partial charge in [-0.2, -0.15) is 8.42 Å². The number of ether oxygens (including phenoxy) is 4. The predicted molar refractivity (Wildman–Crippen MR) is 78.3 cm³/mol. The van der Waals surface area contributed by atoms with E-state index in [1.54, 1.807) is 0 Å². The molecule has 0 saturated carbocycles. The first-order chi connectivity index (χ1) is 11.4. The maximum absolute atomic E-state index is 11.4. The molecule has 1 saturated heterocycles. The van der Waals surface area contributed by atoms with E-state index in [9.17, 15) is 27.9 Å². The fraction of sp³-hybridized carbons (Fsp3) is 0.769. The molecule has 1 fully saturated rings. The van der Waals surface area contributed by atoms with Gasteiger partial charge in [0.25, 0.3) is 10.1 Å². The summed E-state index contributed by atoms with van der Waals surface area (Å²) in [6, 6.07) is 0. The van der Waals surface area contributed by atoms with E-state index in [1.807, 2.05) is 0 Å². The molecular formula is C13H20O11S. The van der Waals surface area contributed by atoms with Gasteiger partial charge in [0.1, 0.15) is 6.10 Å². The molecule has 1 heterocycles. The molecule has 0 spiro atoms. The zero-order valence-corrected chi connectivity index (χ0v) is 14.8. The smallest absolute Gasteiger partial charge is 0.303 e. The van der Waals surface area contributed by atoms with Gasteiger partial charge >= 0.3 is 17.9 Å². The normalized spacial score (nSPS) is 29.6. The number of carbonyl (C=O) groups excluding carboxylic acids is 3. The highest BCUT2D eigenvalue weighted by atomic mass is 32.2. The first kappa shape index (κ1) is 21.3.